The Morgan fingerprint density at radius 1 is 1.20 bits per heavy atom. The summed E-state index contributed by atoms with van der Waals surface area (Å²) in [6.45, 7) is 4.69. The molecule has 0 spiro atoms. The summed E-state index contributed by atoms with van der Waals surface area (Å²) in [5.41, 5.74) is 1.90. The van der Waals surface area contributed by atoms with E-state index in [-0.39, 0.29) is 23.1 Å². The standard InChI is InChI=1S/C22H27ClN2O4S/c1-15(2)16-6-9-19(10-7-16)24-22(26)17-5-4-12-25(14-17)30(27,28)21-13-18(23)8-11-20(21)29-3/h6-11,13,15,17H,4-5,12,14H2,1-3H3,(H,24,26)/t17-/m1/s1. The van der Waals surface area contributed by atoms with Crippen molar-refractivity contribution in [1.82, 2.24) is 4.31 Å². The molecule has 162 valence electrons. The highest BCUT2D eigenvalue weighted by Gasteiger charge is 2.35. The molecule has 30 heavy (non-hydrogen) atoms. The van der Waals surface area contributed by atoms with Crippen LogP contribution < -0.4 is 10.1 Å². The lowest BCUT2D eigenvalue weighted by Crippen LogP contribution is -2.43. The van der Waals surface area contributed by atoms with Crippen molar-refractivity contribution in [3.63, 3.8) is 0 Å². The number of piperidine rings is 1. The van der Waals surface area contributed by atoms with Crippen molar-refractivity contribution < 1.29 is 17.9 Å². The molecule has 2 aromatic rings. The molecule has 0 aliphatic carbocycles. The lowest BCUT2D eigenvalue weighted by Gasteiger charge is -2.31. The molecule has 1 aliphatic rings. The van der Waals surface area contributed by atoms with Crippen molar-refractivity contribution in [3.8, 4) is 5.75 Å². The fourth-order valence-electron chi connectivity index (χ4n) is 3.56. The number of nitrogens with zero attached hydrogens (tertiary/aromatic N) is 1. The largest absolute Gasteiger partial charge is 0.495 e. The van der Waals surface area contributed by atoms with Gasteiger partial charge in [-0.25, -0.2) is 8.42 Å². The van der Waals surface area contributed by atoms with Crippen LogP contribution in [0.3, 0.4) is 0 Å². The van der Waals surface area contributed by atoms with Gasteiger partial charge >= 0.3 is 0 Å². The van der Waals surface area contributed by atoms with Gasteiger partial charge in [-0.05, 0) is 54.7 Å². The Hall–Kier alpha value is -2.09. The van der Waals surface area contributed by atoms with Crippen molar-refractivity contribution in [1.29, 1.82) is 0 Å². The number of methoxy groups -OCH3 is 1. The van der Waals surface area contributed by atoms with Crippen molar-refractivity contribution in [2.45, 2.75) is 37.5 Å². The van der Waals surface area contributed by atoms with E-state index in [0.29, 0.717) is 36.0 Å². The summed E-state index contributed by atoms with van der Waals surface area (Å²) in [7, 11) is -2.42. The molecule has 1 fully saturated rings. The minimum Gasteiger partial charge on any atom is -0.495 e. The molecular formula is C22H27ClN2O4S. The van der Waals surface area contributed by atoms with E-state index < -0.39 is 15.9 Å². The van der Waals surface area contributed by atoms with Crippen LogP contribution in [0.25, 0.3) is 0 Å². The number of carbonyl (C=O) groups excluding carboxylic acids is 1. The molecular weight excluding hydrogens is 424 g/mol. The molecule has 8 heteroatoms. The van der Waals surface area contributed by atoms with Gasteiger partial charge in [0.25, 0.3) is 0 Å². The van der Waals surface area contributed by atoms with Gasteiger partial charge in [0.15, 0.2) is 0 Å². The Bertz CT molecular complexity index is 1010. The van der Waals surface area contributed by atoms with Crippen LogP contribution in [0.1, 0.15) is 38.2 Å². The maximum absolute atomic E-state index is 13.2. The van der Waals surface area contributed by atoms with E-state index in [2.05, 4.69) is 19.2 Å². The summed E-state index contributed by atoms with van der Waals surface area (Å²) in [6, 6.07) is 12.2. The molecule has 2 aromatic carbocycles. The van der Waals surface area contributed by atoms with E-state index >= 15 is 0 Å². The second-order valence-corrected chi connectivity index (χ2v) is 10.1. The molecule has 0 unspecified atom stereocenters. The second-order valence-electron chi connectivity index (χ2n) is 7.76. The van der Waals surface area contributed by atoms with Crippen LogP contribution in [0.15, 0.2) is 47.4 Å². The van der Waals surface area contributed by atoms with Crippen LogP contribution >= 0.6 is 11.6 Å². The van der Waals surface area contributed by atoms with Crippen molar-refractivity contribution >= 4 is 33.2 Å². The third-order valence-corrected chi connectivity index (χ3v) is 7.46. The first kappa shape index (κ1) is 22.6. The van der Waals surface area contributed by atoms with Crippen LogP contribution in [0, 0.1) is 5.92 Å². The number of ether oxygens (including phenoxy) is 1. The lowest BCUT2D eigenvalue weighted by atomic mass is 9.98. The van der Waals surface area contributed by atoms with Crippen LogP contribution in [0.4, 0.5) is 5.69 Å². The van der Waals surface area contributed by atoms with E-state index in [1.54, 1.807) is 6.07 Å². The van der Waals surface area contributed by atoms with Gasteiger partial charge in [0, 0.05) is 23.8 Å². The van der Waals surface area contributed by atoms with Gasteiger partial charge in [-0.3, -0.25) is 4.79 Å². The topological polar surface area (TPSA) is 75.7 Å². The SMILES string of the molecule is COc1ccc(Cl)cc1S(=O)(=O)N1CCC[C@@H](C(=O)Nc2ccc(C(C)C)cc2)C1. The molecule has 1 aliphatic heterocycles. The summed E-state index contributed by atoms with van der Waals surface area (Å²) in [4.78, 5) is 12.8. The van der Waals surface area contributed by atoms with Gasteiger partial charge < -0.3 is 10.1 Å². The number of nitrogens with one attached hydrogen (secondary N) is 1. The monoisotopic (exact) mass is 450 g/mol. The molecule has 3 rings (SSSR count). The normalized spacial score (nSPS) is 17.7. The highest BCUT2D eigenvalue weighted by atomic mass is 35.5. The van der Waals surface area contributed by atoms with Crippen LogP contribution in [0.2, 0.25) is 5.02 Å². The Balaban J connectivity index is 1.74. The Morgan fingerprint density at radius 2 is 1.90 bits per heavy atom. The first-order chi connectivity index (χ1) is 14.2. The molecule has 1 amide bonds. The number of hydrogen-bond donors (Lipinski definition) is 1. The average Bonchev–Trinajstić information content (AvgIpc) is 2.74. The summed E-state index contributed by atoms with van der Waals surface area (Å²) >= 11 is 6.02. The minimum absolute atomic E-state index is 0.0165. The van der Waals surface area contributed by atoms with Crippen molar-refractivity contribution in [3.05, 3.63) is 53.1 Å². The zero-order valence-electron chi connectivity index (χ0n) is 17.4. The first-order valence-corrected chi connectivity index (χ1v) is 11.8. The van der Waals surface area contributed by atoms with Gasteiger partial charge in [0.2, 0.25) is 15.9 Å². The van der Waals surface area contributed by atoms with Crippen molar-refractivity contribution in [2.24, 2.45) is 5.92 Å². The lowest BCUT2D eigenvalue weighted by molar-refractivity contribution is -0.120. The van der Waals surface area contributed by atoms with Gasteiger partial charge in [-0.15, -0.1) is 0 Å². The molecule has 0 radical (unpaired) electrons. The highest BCUT2D eigenvalue weighted by Crippen LogP contribution is 2.32. The van der Waals surface area contributed by atoms with Gasteiger partial charge in [0.1, 0.15) is 10.6 Å². The van der Waals surface area contributed by atoms with Crippen LogP contribution in [-0.2, 0) is 14.8 Å². The van der Waals surface area contributed by atoms with E-state index in [0.717, 1.165) is 0 Å². The average molecular weight is 451 g/mol. The molecule has 1 heterocycles. The maximum Gasteiger partial charge on any atom is 0.246 e. The number of carbonyl (C=O) groups is 1. The zero-order valence-corrected chi connectivity index (χ0v) is 19.0. The quantitative estimate of drug-likeness (QED) is 0.702. The van der Waals surface area contributed by atoms with Crippen LogP contribution in [-0.4, -0.2) is 38.8 Å². The van der Waals surface area contributed by atoms with E-state index in [4.69, 9.17) is 16.3 Å². The molecule has 0 bridgehead atoms. The number of hydrogen-bond acceptors (Lipinski definition) is 4. The Morgan fingerprint density at radius 3 is 2.53 bits per heavy atom. The molecule has 1 saturated heterocycles. The second kappa shape index (κ2) is 9.37. The predicted molar refractivity (Wildman–Crippen MR) is 119 cm³/mol. The Kier molecular flexibility index (Phi) is 7.06. The molecule has 1 atom stereocenters. The van der Waals surface area contributed by atoms with Gasteiger partial charge in [-0.2, -0.15) is 4.31 Å². The van der Waals surface area contributed by atoms with Gasteiger partial charge in [0.05, 0.1) is 13.0 Å². The van der Waals surface area contributed by atoms with Crippen molar-refractivity contribution in [2.75, 3.05) is 25.5 Å². The first-order valence-electron chi connectivity index (χ1n) is 9.97. The number of rotatable bonds is 6. The molecule has 1 N–H and O–H groups in total. The number of halogens is 1. The number of sulfonamides is 1. The number of anilines is 1. The highest BCUT2D eigenvalue weighted by molar-refractivity contribution is 7.89. The van der Waals surface area contributed by atoms with Crippen LogP contribution in [0.5, 0.6) is 5.75 Å². The number of benzene rings is 2. The summed E-state index contributed by atoms with van der Waals surface area (Å²) < 4.78 is 33.0. The molecule has 0 saturated carbocycles. The predicted octanol–water partition coefficient (Wildman–Crippen LogP) is 4.51. The Labute approximate surface area is 183 Å². The smallest absolute Gasteiger partial charge is 0.246 e. The molecule has 0 aromatic heterocycles. The van der Waals surface area contributed by atoms with Gasteiger partial charge in [-0.1, -0.05) is 37.6 Å². The van der Waals surface area contributed by atoms with E-state index in [1.165, 1.54) is 29.1 Å². The number of amides is 1. The summed E-state index contributed by atoms with van der Waals surface area (Å²) in [5, 5.41) is 3.23. The maximum atomic E-state index is 13.2. The molecule has 6 nitrogen and oxygen atoms in total. The minimum atomic E-state index is -3.84. The third kappa shape index (κ3) is 4.96. The van der Waals surface area contributed by atoms with E-state index in [1.807, 2.05) is 24.3 Å². The third-order valence-electron chi connectivity index (χ3n) is 5.34. The zero-order chi connectivity index (χ0) is 21.9. The van der Waals surface area contributed by atoms with E-state index in [9.17, 15) is 13.2 Å². The fourth-order valence-corrected chi connectivity index (χ4v) is 5.50. The summed E-state index contributed by atoms with van der Waals surface area (Å²) in [6.07, 6.45) is 1.24. The summed E-state index contributed by atoms with van der Waals surface area (Å²) in [5.74, 6) is 0.0419. The fraction of sp³-hybridized carbons (Fsp3) is 0.409.